The lowest BCUT2D eigenvalue weighted by Crippen LogP contribution is -2.12. The third-order valence-electron chi connectivity index (χ3n) is 1.80. The molecule has 0 N–H and O–H groups in total. The summed E-state index contributed by atoms with van der Waals surface area (Å²) in [6, 6.07) is 1.64. The van der Waals surface area contributed by atoms with Crippen molar-refractivity contribution < 1.29 is 0 Å². The van der Waals surface area contributed by atoms with Gasteiger partial charge >= 0.3 is 0 Å². The molecule has 0 spiro atoms. The molecule has 0 aromatic heterocycles. The minimum atomic E-state index is 0.519. The van der Waals surface area contributed by atoms with Crippen LogP contribution in [0.1, 0.15) is 19.8 Å². The Morgan fingerprint density at radius 2 is 2.50 bits per heavy atom. The van der Waals surface area contributed by atoms with E-state index >= 15 is 0 Å². The minimum absolute atomic E-state index is 0.519. The van der Waals surface area contributed by atoms with Crippen molar-refractivity contribution in [3.63, 3.8) is 0 Å². The summed E-state index contributed by atoms with van der Waals surface area (Å²) in [7, 11) is 0.519. The topological polar surface area (TPSA) is 0 Å². The summed E-state index contributed by atoms with van der Waals surface area (Å²) in [5, 5.41) is 0. The Morgan fingerprint density at radius 1 is 1.83 bits per heavy atom. The second-order valence-electron chi connectivity index (χ2n) is 2.21. The molecule has 0 aliphatic carbocycles. The lowest BCUT2D eigenvalue weighted by molar-refractivity contribution is 0.695. The fraction of sp³-hybridized carbons (Fsp3) is 1.00. The van der Waals surface area contributed by atoms with Crippen LogP contribution in [0.5, 0.6) is 0 Å². The Hall–Kier alpha value is 0.217. The van der Waals surface area contributed by atoms with Gasteiger partial charge in [-0.3, -0.25) is 0 Å². The normalized spacial score (nSPS) is 36.5. The third-order valence-corrected chi connectivity index (χ3v) is 4.42. The lowest BCUT2D eigenvalue weighted by atomic mass is 10.2. The summed E-state index contributed by atoms with van der Waals surface area (Å²) in [6.45, 7) is 2.32. The maximum atomic E-state index is 2.32. The zero-order valence-corrected chi connectivity index (χ0v) is 5.82. The molecule has 1 rings (SSSR count). The van der Waals surface area contributed by atoms with Gasteiger partial charge in [-0.1, -0.05) is 31.4 Å². The fourth-order valence-electron chi connectivity index (χ4n) is 0.901. The molecule has 6 heavy (non-hydrogen) atoms. The van der Waals surface area contributed by atoms with Crippen molar-refractivity contribution in [3.05, 3.63) is 0 Å². The van der Waals surface area contributed by atoms with Crippen LogP contribution in [0, 0.1) is 0 Å². The quantitative estimate of drug-likeness (QED) is 0.434. The number of hydrogen-bond acceptors (Lipinski definition) is 0. The first-order chi connectivity index (χ1) is 2.93. The van der Waals surface area contributed by atoms with Crippen molar-refractivity contribution in [2.45, 2.75) is 31.4 Å². The molecule has 1 unspecified atom stereocenters. The summed E-state index contributed by atoms with van der Waals surface area (Å²) < 4.78 is 0. The molecular formula is C5H12Si. The van der Waals surface area contributed by atoms with Crippen LogP contribution in [0.3, 0.4) is 0 Å². The van der Waals surface area contributed by atoms with E-state index in [4.69, 9.17) is 0 Å². The van der Waals surface area contributed by atoms with Gasteiger partial charge in [0.2, 0.25) is 0 Å². The van der Waals surface area contributed by atoms with Crippen molar-refractivity contribution in [1.29, 1.82) is 0 Å². The first-order valence-corrected chi connectivity index (χ1v) is 4.75. The Labute approximate surface area is 41.8 Å². The highest BCUT2D eigenvalue weighted by Crippen LogP contribution is 2.27. The maximum Gasteiger partial charge on any atom is 0.0231 e. The van der Waals surface area contributed by atoms with Crippen LogP contribution < -0.4 is 0 Å². The van der Waals surface area contributed by atoms with E-state index in [9.17, 15) is 0 Å². The van der Waals surface area contributed by atoms with Crippen LogP contribution in [0.4, 0.5) is 0 Å². The van der Waals surface area contributed by atoms with E-state index in [0.717, 1.165) is 0 Å². The molecule has 0 aromatic rings. The number of rotatable bonds is 1. The molecule has 0 aromatic carbocycles. The molecule has 36 valence electrons. The first-order valence-electron chi connectivity index (χ1n) is 2.93. The van der Waals surface area contributed by atoms with Crippen molar-refractivity contribution in [2.24, 2.45) is 0 Å². The molecule has 1 heteroatoms. The second kappa shape index (κ2) is 1.78. The van der Waals surface area contributed by atoms with Gasteiger partial charge in [-0.15, -0.1) is 0 Å². The van der Waals surface area contributed by atoms with Crippen molar-refractivity contribution in [3.8, 4) is 0 Å². The summed E-state index contributed by atoms with van der Waals surface area (Å²) in [5.41, 5.74) is 1.25. The summed E-state index contributed by atoms with van der Waals surface area (Å²) in [5.74, 6) is 0. The molecule has 1 saturated heterocycles. The zero-order valence-electron chi connectivity index (χ0n) is 4.41. The fourth-order valence-corrected chi connectivity index (χ4v) is 2.29. The smallest absolute Gasteiger partial charge is 0.0231 e. The van der Waals surface area contributed by atoms with Gasteiger partial charge in [0.25, 0.3) is 0 Å². The summed E-state index contributed by atoms with van der Waals surface area (Å²) in [6.07, 6.45) is 3.05. The van der Waals surface area contributed by atoms with Crippen LogP contribution in [-0.4, -0.2) is 9.52 Å². The van der Waals surface area contributed by atoms with Gasteiger partial charge in [0.05, 0.1) is 0 Å². The van der Waals surface area contributed by atoms with Crippen molar-refractivity contribution in [2.75, 3.05) is 0 Å². The van der Waals surface area contributed by atoms with Crippen molar-refractivity contribution >= 4 is 9.52 Å². The molecule has 0 nitrogen and oxygen atoms in total. The summed E-state index contributed by atoms with van der Waals surface area (Å²) >= 11 is 0. The molecular weight excluding hydrogens is 88.1 g/mol. The molecule has 1 atom stereocenters. The molecule has 1 heterocycles. The van der Waals surface area contributed by atoms with Gasteiger partial charge in [0, 0.05) is 9.52 Å². The molecule has 0 amide bonds. The highest BCUT2D eigenvalue weighted by Gasteiger charge is 2.14. The first kappa shape index (κ1) is 4.38. The maximum absolute atomic E-state index is 2.32. The predicted molar refractivity (Wildman–Crippen MR) is 32.0 cm³/mol. The molecule has 0 saturated carbocycles. The standard InChI is InChI=1S/C5H12Si/c1-2-5-3-4-6-5/h5H,2-4,6H2,1H3. The lowest BCUT2D eigenvalue weighted by Gasteiger charge is -2.21. The average molecular weight is 100 g/mol. The highest BCUT2D eigenvalue weighted by molar-refractivity contribution is 6.41. The van der Waals surface area contributed by atoms with Gasteiger partial charge in [-0.05, 0) is 0 Å². The van der Waals surface area contributed by atoms with Crippen LogP contribution in [0.15, 0.2) is 0 Å². The molecule has 1 fully saturated rings. The van der Waals surface area contributed by atoms with Crippen LogP contribution in [-0.2, 0) is 0 Å². The van der Waals surface area contributed by atoms with E-state index < -0.39 is 0 Å². The highest BCUT2D eigenvalue weighted by atomic mass is 28.2. The largest absolute Gasteiger partial charge is 0.0654 e. The Morgan fingerprint density at radius 3 is 2.50 bits per heavy atom. The van der Waals surface area contributed by atoms with Gasteiger partial charge in [-0.25, -0.2) is 0 Å². The minimum Gasteiger partial charge on any atom is -0.0654 e. The predicted octanol–water partition coefficient (Wildman–Crippen LogP) is 1.18. The Kier molecular flexibility index (Phi) is 1.30. The second-order valence-corrected chi connectivity index (χ2v) is 4.64. The van der Waals surface area contributed by atoms with Crippen LogP contribution in [0.2, 0.25) is 11.6 Å². The van der Waals surface area contributed by atoms with E-state index in [2.05, 4.69) is 6.92 Å². The Bertz CT molecular complexity index is 36.4. The van der Waals surface area contributed by atoms with Crippen LogP contribution in [0.25, 0.3) is 0 Å². The Balaban J connectivity index is 2.01. The molecule has 0 bridgehead atoms. The van der Waals surface area contributed by atoms with Gasteiger partial charge < -0.3 is 0 Å². The molecule has 1 aliphatic rings. The van der Waals surface area contributed by atoms with E-state index in [1.165, 1.54) is 12.0 Å². The van der Waals surface area contributed by atoms with Gasteiger partial charge in [-0.2, -0.15) is 0 Å². The summed E-state index contributed by atoms with van der Waals surface area (Å²) in [4.78, 5) is 0. The third kappa shape index (κ3) is 0.646. The molecule has 1 aliphatic heterocycles. The zero-order chi connectivity index (χ0) is 4.41. The van der Waals surface area contributed by atoms with E-state index in [-0.39, 0.29) is 0 Å². The van der Waals surface area contributed by atoms with E-state index in [0.29, 0.717) is 9.52 Å². The molecule has 0 radical (unpaired) electrons. The van der Waals surface area contributed by atoms with Crippen molar-refractivity contribution in [1.82, 2.24) is 0 Å². The van der Waals surface area contributed by atoms with Crippen LogP contribution >= 0.6 is 0 Å². The van der Waals surface area contributed by atoms with Gasteiger partial charge in [0.15, 0.2) is 0 Å². The number of hydrogen-bond donors (Lipinski definition) is 0. The van der Waals surface area contributed by atoms with Gasteiger partial charge in [0.1, 0.15) is 0 Å². The SMILES string of the molecule is CCC1CC[SiH2]1. The monoisotopic (exact) mass is 100 g/mol. The average Bonchev–Trinajstić information content (AvgIpc) is 1.31. The van der Waals surface area contributed by atoms with E-state index in [1.807, 2.05) is 0 Å². The van der Waals surface area contributed by atoms with E-state index in [1.54, 1.807) is 12.5 Å².